The van der Waals surface area contributed by atoms with Crippen LogP contribution in [0, 0.1) is 35.8 Å². The fraction of sp³-hybridized carbons (Fsp3) is 0.508. The number of primary amides is 1. The predicted molar refractivity (Wildman–Crippen MR) is 321 cm³/mol. The van der Waals surface area contributed by atoms with Crippen molar-refractivity contribution in [3.63, 3.8) is 0 Å². The van der Waals surface area contributed by atoms with Gasteiger partial charge in [0.25, 0.3) is 5.91 Å². The lowest BCUT2D eigenvalue weighted by Gasteiger charge is -2.45. The number of likely N-dealkylation sites (tertiary alicyclic amines) is 1. The molecule has 87 heavy (non-hydrogen) atoms. The number of nitrogens with zero attached hydrogens (tertiary/aromatic N) is 7. The van der Waals surface area contributed by atoms with Crippen LogP contribution in [0.25, 0.3) is 11.4 Å². The molecule has 3 aliphatic rings. The Hall–Kier alpha value is -8.28. The smallest absolute Gasteiger partial charge is 0.410 e. The zero-order chi connectivity index (χ0) is 63.3. The minimum absolute atomic E-state index is 0.00593. The molecule has 6 N–H and O–H groups in total. The van der Waals surface area contributed by atoms with E-state index in [-0.39, 0.29) is 119 Å². The number of benzene rings is 3. The number of hydrogen-bond donors (Lipinski definition) is 5. The predicted octanol–water partition coefficient (Wildman–Crippen LogP) is 8.29. The molecule has 7 atom stereocenters. The molecule has 0 bridgehead atoms. The molecule has 1 aromatic heterocycles. The van der Waals surface area contributed by atoms with E-state index in [1.54, 1.807) is 87.8 Å². The van der Waals surface area contributed by atoms with E-state index < -0.39 is 77.2 Å². The number of carbonyl (C=O) groups excluding carboxylic acids is 7. The van der Waals surface area contributed by atoms with Gasteiger partial charge >= 0.3 is 18.2 Å². The van der Waals surface area contributed by atoms with Gasteiger partial charge in [-0.1, -0.05) is 83.5 Å². The number of allylic oxidation sites excluding steroid dienone is 1. The van der Waals surface area contributed by atoms with Gasteiger partial charge in [-0.15, -0.1) is 0 Å². The molecule has 4 aromatic rings. The third kappa shape index (κ3) is 18.4. The van der Waals surface area contributed by atoms with Gasteiger partial charge in [-0.3, -0.25) is 19.2 Å². The molecule has 7 unspecified atom stereocenters. The van der Waals surface area contributed by atoms with E-state index in [2.05, 4.69) is 27.8 Å². The number of urea groups is 2. The van der Waals surface area contributed by atoms with Crippen molar-refractivity contribution in [2.45, 2.75) is 144 Å². The lowest BCUT2D eigenvalue weighted by atomic mass is 9.84. The molecular weight excluding hydrogens is 1130 g/mol. The molecule has 24 heteroatoms. The van der Waals surface area contributed by atoms with Gasteiger partial charge in [-0.05, 0) is 111 Å². The number of alkyl halides is 1. The lowest BCUT2D eigenvalue weighted by molar-refractivity contribution is -0.132. The minimum Gasteiger partial charge on any atom is -0.445 e. The van der Waals surface area contributed by atoms with E-state index in [1.807, 2.05) is 41.5 Å². The van der Waals surface area contributed by atoms with Crippen LogP contribution in [0.5, 0.6) is 0 Å². The molecule has 9 amide bonds. The number of morpholine rings is 1. The molecule has 0 radical (unpaired) electrons. The Bertz CT molecular complexity index is 3120. The number of halogens is 3. The molecule has 7 rings (SSSR count). The summed E-state index contributed by atoms with van der Waals surface area (Å²) in [6, 6.07) is 12.8. The van der Waals surface area contributed by atoms with Gasteiger partial charge < -0.3 is 56.1 Å². The van der Waals surface area contributed by atoms with Crippen LogP contribution in [-0.2, 0) is 41.8 Å². The monoisotopic (exact) mass is 1210 g/mol. The Morgan fingerprint density at radius 2 is 1.60 bits per heavy atom. The van der Waals surface area contributed by atoms with Crippen molar-refractivity contribution in [1.29, 1.82) is 0 Å². The molecule has 3 aliphatic heterocycles. The highest BCUT2D eigenvalue weighted by atomic mass is 19.1. The number of rotatable bonds is 25. The maximum absolute atomic E-state index is 16.6. The number of anilines is 1. The third-order valence-electron chi connectivity index (χ3n) is 15.4. The van der Waals surface area contributed by atoms with Crippen LogP contribution < -0.4 is 27.0 Å². The van der Waals surface area contributed by atoms with Gasteiger partial charge in [0.1, 0.15) is 36.5 Å². The quantitative estimate of drug-likeness (QED) is 0.0395. The number of ether oxygens (including phenoxy) is 2. The summed E-state index contributed by atoms with van der Waals surface area (Å²) in [4.78, 5) is 104. The van der Waals surface area contributed by atoms with E-state index in [1.165, 1.54) is 29.2 Å². The van der Waals surface area contributed by atoms with Crippen LogP contribution in [-0.4, -0.2) is 152 Å². The van der Waals surface area contributed by atoms with E-state index in [4.69, 9.17) is 25.3 Å². The zero-order valence-electron chi connectivity index (χ0n) is 51.0. The Balaban J connectivity index is 1.01. The first-order valence-corrected chi connectivity index (χ1v) is 29.7. The van der Waals surface area contributed by atoms with Gasteiger partial charge in [0, 0.05) is 69.1 Å². The van der Waals surface area contributed by atoms with Crippen LogP contribution in [0.2, 0.25) is 0 Å². The lowest BCUT2D eigenvalue weighted by Crippen LogP contribution is -2.56. The van der Waals surface area contributed by atoms with Crippen LogP contribution >= 0.6 is 0 Å². The number of aryl methyl sites for hydroxylation is 1. The Labute approximate surface area is 506 Å². The van der Waals surface area contributed by atoms with E-state index in [0.717, 1.165) is 5.56 Å². The van der Waals surface area contributed by atoms with Crippen LogP contribution in [0.3, 0.4) is 0 Å². The summed E-state index contributed by atoms with van der Waals surface area (Å²) in [6.45, 7) is 18.9. The summed E-state index contributed by atoms with van der Waals surface area (Å²) in [5, 5.41) is 15.6. The number of nitrogens with one attached hydrogen (secondary N) is 4. The van der Waals surface area contributed by atoms with Crippen LogP contribution in [0.15, 0.2) is 91.2 Å². The van der Waals surface area contributed by atoms with Gasteiger partial charge in [0.15, 0.2) is 11.6 Å². The highest BCUT2D eigenvalue weighted by Crippen LogP contribution is 2.41. The first-order chi connectivity index (χ1) is 41.2. The highest BCUT2D eigenvalue weighted by molar-refractivity contribution is 5.98. The first-order valence-electron chi connectivity index (χ1n) is 29.7. The summed E-state index contributed by atoms with van der Waals surface area (Å²) in [5.41, 5.74) is 7.34. The summed E-state index contributed by atoms with van der Waals surface area (Å²) >= 11 is 0. The summed E-state index contributed by atoms with van der Waals surface area (Å²) in [6.07, 6.45) is 2.45. The summed E-state index contributed by atoms with van der Waals surface area (Å²) in [7, 11) is 0. The van der Waals surface area contributed by atoms with Crippen molar-refractivity contribution >= 4 is 47.5 Å². The standard InChI is InChI=1S/C63H83F3N12O9/c1-38(2)54(71-52(79)18-11-10-12-28-76-40(4)20-26-53(76)80)59(82)70-51(17-14-27-68-60(67)83)58(81)69-47-23-21-43(22-24-47)37-86-62(85)75-34-45(50(66)36-75)35-77(61(84)74-31-41(5)87-42(6)32-74)55(63(7,8)9)57-72-56(48-29-39(3)19-25-49(48)65)73-78(57)33-44-15-13-16-46(64)30-44/h13,15-16,19-26,29-30,38,41-42,45,50-51,54-55H,4,10-12,14,17-18,27-28,31-37H2,1-3,5-9H3,(H,69,81)(H,70,82)(H,71,79)(H3,67,68,83). The summed E-state index contributed by atoms with van der Waals surface area (Å²) in [5.74, 6) is -3.61. The average molecular weight is 1210 g/mol. The second-order valence-electron chi connectivity index (χ2n) is 24.3. The number of amides is 9. The largest absolute Gasteiger partial charge is 0.445 e. The molecule has 2 saturated heterocycles. The second-order valence-corrected chi connectivity index (χ2v) is 24.3. The van der Waals surface area contributed by atoms with Gasteiger partial charge in [-0.25, -0.2) is 37.2 Å². The zero-order valence-corrected chi connectivity index (χ0v) is 51.0. The van der Waals surface area contributed by atoms with Crippen molar-refractivity contribution in [3.05, 3.63) is 125 Å². The molecule has 2 fully saturated rings. The number of nitrogens with two attached hydrogens (primary N) is 1. The molecular formula is C63H83F3N12O9. The maximum Gasteiger partial charge on any atom is 0.410 e. The number of hydrogen-bond acceptors (Lipinski definition) is 11. The van der Waals surface area contributed by atoms with Crippen LogP contribution in [0.1, 0.15) is 116 Å². The number of unbranched alkanes of at least 4 members (excludes halogenated alkanes) is 2. The van der Waals surface area contributed by atoms with Gasteiger partial charge in [0.2, 0.25) is 17.7 Å². The number of carbonyl (C=O) groups is 7. The highest BCUT2D eigenvalue weighted by Gasteiger charge is 2.46. The van der Waals surface area contributed by atoms with E-state index in [0.29, 0.717) is 48.3 Å². The number of aromatic nitrogens is 3. The van der Waals surface area contributed by atoms with E-state index in [9.17, 15) is 33.2 Å². The van der Waals surface area contributed by atoms with Crippen molar-refractivity contribution in [1.82, 2.24) is 50.3 Å². The molecule has 3 aromatic carbocycles. The molecule has 0 saturated carbocycles. The second kappa shape index (κ2) is 29.9. The topological polar surface area (TPSA) is 256 Å². The molecule has 470 valence electrons. The fourth-order valence-corrected chi connectivity index (χ4v) is 11.1. The van der Waals surface area contributed by atoms with Gasteiger partial charge in [-0.2, -0.15) is 5.10 Å². The molecule has 21 nitrogen and oxygen atoms in total. The molecule has 4 heterocycles. The maximum atomic E-state index is 16.6. The fourth-order valence-electron chi connectivity index (χ4n) is 11.1. The van der Waals surface area contributed by atoms with Crippen molar-refractivity contribution in [2.75, 3.05) is 51.1 Å². The van der Waals surface area contributed by atoms with Gasteiger partial charge in [0.05, 0.1) is 36.9 Å². The molecule has 0 aliphatic carbocycles. The minimum atomic E-state index is -1.59. The SMILES string of the molecule is C=C1C=CC(=O)N1CCCCCC(=O)NC(C(=O)NC(CCCNC(N)=O)C(=O)Nc1ccc(COC(=O)N2CC(F)C(CN(C(=O)N3CC(C)OC(C)C3)C(c3nc(-c4cc(C)ccc4F)nn3Cc3cccc(F)c3)C(C)(C)C)C2)cc1)C(C)C. The average Bonchev–Trinajstić information content (AvgIpc) is 1.85. The first kappa shape index (κ1) is 66.2. The molecule has 0 spiro atoms. The van der Waals surface area contributed by atoms with E-state index >= 15 is 13.6 Å². The Morgan fingerprint density at radius 1 is 0.874 bits per heavy atom. The normalized spacial score (nSPS) is 18.8. The van der Waals surface area contributed by atoms with Crippen molar-refractivity contribution in [3.8, 4) is 11.4 Å². The van der Waals surface area contributed by atoms with Crippen LogP contribution in [0.4, 0.5) is 33.2 Å². The van der Waals surface area contributed by atoms with Crippen molar-refractivity contribution < 1.29 is 56.2 Å². The third-order valence-corrected chi connectivity index (χ3v) is 15.4. The Morgan fingerprint density at radius 3 is 2.25 bits per heavy atom. The Kier molecular flexibility index (Phi) is 22.8. The summed E-state index contributed by atoms with van der Waals surface area (Å²) < 4.78 is 60.2. The van der Waals surface area contributed by atoms with Crippen molar-refractivity contribution in [2.24, 2.45) is 23.0 Å².